The Morgan fingerprint density at radius 3 is 1.38 bits per heavy atom. The van der Waals surface area contributed by atoms with Gasteiger partial charge in [0, 0.05) is 10.5 Å². The van der Waals surface area contributed by atoms with Crippen LogP contribution < -0.4 is 0 Å². The van der Waals surface area contributed by atoms with Crippen LogP contribution in [-0.4, -0.2) is 50.3 Å². The number of hydrogen-bond acceptors (Lipinski definition) is 6. The molecule has 0 aromatic rings. The van der Waals surface area contributed by atoms with Gasteiger partial charge in [-0.1, -0.05) is 21.6 Å². The van der Waals surface area contributed by atoms with Gasteiger partial charge in [0.15, 0.2) is 19.7 Å². The van der Waals surface area contributed by atoms with Crippen LogP contribution in [-0.2, 0) is 19.7 Å². The number of sulfone groups is 2. The Morgan fingerprint density at radius 2 is 1.12 bits per heavy atom. The van der Waals surface area contributed by atoms with Crippen molar-refractivity contribution in [1.82, 2.24) is 0 Å². The molecule has 16 heavy (non-hydrogen) atoms. The van der Waals surface area contributed by atoms with E-state index in [4.69, 9.17) is 0 Å². The van der Waals surface area contributed by atoms with Gasteiger partial charge in [-0.2, -0.15) is 0 Å². The molecule has 0 unspecified atom stereocenters. The molecule has 2 heterocycles. The maximum atomic E-state index is 11.2. The van der Waals surface area contributed by atoms with Crippen molar-refractivity contribution in [2.75, 3.05) is 23.0 Å². The monoisotopic (exact) mass is 302 g/mol. The molecule has 4 nitrogen and oxygen atoms in total. The molecule has 0 amide bonds. The summed E-state index contributed by atoms with van der Waals surface area (Å²) in [5.41, 5.74) is 0. The van der Waals surface area contributed by atoms with E-state index in [1.165, 1.54) is 0 Å². The Bertz CT molecular complexity index is 408. The van der Waals surface area contributed by atoms with Crippen LogP contribution in [0.4, 0.5) is 0 Å². The summed E-state index contributed by atoms with van der Waals surface area (Å²) in [5, 5.41) is 0.302. The van der Waals surface area contributed by atoms with Gasteiger partial charge in [-0.05, 0) is 12.8 Å². The maximum Gasteiger partial charge on any atom is 0.151 e. The standard InChI is InChI=1S/C8H14O4S4/c9-15(10)3-1-7(5-15)13-14-8-2-4-16(11,12)6-8/h7-8H,1-6H2/t7-,8-/m0/s1. The molecule has 0 spiro atoms. The van der Waals surface area contributed by atoms with E-state index in [-0.39, 0.29) is 33.5 Å². The molecule has 2 rings (SSSR count). The van der Waals surface area contributed by atoms with Gasteiger partial charge in [0.25, 0.3) is 0 Å². The summed E-state index contributed by atoms with van der Waals surface area (Å²) in [6.45, 7) is 0. The van der Waals surface area contributed by atoms with Crippen LogP contribution in [0.25, 0.3) is 0 Å². The molecule has 2 aliphatic rings. The molecular formula is C8H14O4S4. The van der Waals surface area contributed by atoms with Gasteiger partial charge in [-0.15, -0.1) is 0 Å². The van der Waals surface area contributed by atoms with Gasteiger partial charge in [0.05, 0.1) is 23.0 Å². The molecule has 0 saturated carbocycles. The summed E-state index contributed by atoms with van der Waals surface area (Å²) in [7, 11) is -2.52. The lowest BCUT2D eigenvalue weighted by Gasteiger charge is -2.09. The Balaban J connectivity index is 1.77. The van der Waals surface area contributed by atoms with Crippen molar-refractivity contribution in [3.05, 3.63) is 0 Å². The normalized spacial score (nSPS) is 36.5. The largest absolute Gasteiger partial charge is 0.229 e. The molecule has 2 aliphatic heterocycles. The van der Waals surface area contributed by atoms with Gasteiger partial charge in [-0.25, -0.2) is 16.8 Å². The van der Waals surface area contributed by atoms with Crippen molar-refractivity contribution >= 4 is 41.3 Å². The first-order valence-electron chi connectivity index (χ1n) is 5.09. The van der Waals surface area contributed by atoms with Gasteiger partial charge in [0.2, 0.25) is 0 Å². The zero-order valence-electron chi connectivity index (χ0n) is 8.66. The van der Waals surface area contributed by atoms with E-state index in [1.54, 1.807) is 21.6 Å². The first-order chi connectivity index (χ1) is 7.36. The van der Waals surface area contributed by atoms with Crippen molar-refractivity contribution in [3.63, 3.8) is 0 Å². The lowest BCUT2D eigenvalue weighted by Crippen LogP contribution is -2.08. The van der Waals surface area contributed by atoms with Crippen LogP contribution in [0.15, 0.2) is 0 Å². The predicted molar refractivity (Wildman–Crippen MR) is 69.3 cm³/mol. The molecule has 2 saturated heterocycles. The molecule has 0 radical (unpaired) electrons. The van der Waals surface area contributed by atoms with Crippen molar-refractivity contribution in [2.24, 2.45) is 0 Å². The minimum atomic E-state index is -2.82. The highest BCUT2D eigenvalue weighted by Crippen LogP contribution is 2.39. The summed E-state index contributed by atoms with van der Waals surface area (Å²) < 4.78 is 44.9. The SMILES string of the molecule is O=S1(=O)CC[C@H](SS[C@H]2CCS(=O)(=O)C2)C1. The molecule has 0 aliphatic carbocycles. The van der Waals surface area contributed by atoms with Crippen LogP contribution >= 0.6 is 21.6 Å². The van der Waals surface area contributed by atoms with Gasteiger partial charge >= 0.3 is 0 Å². The van der Waals surface area contributed by atoms with Crippen molar-refractivity contribution < 1.29 is 16.8 Å². The van der Waals surface area contributed by atoms with E-state index in [0.717, 1.165) is 0 Å². The highest BCUT2D eigenvalue weighted by Gasteiger charge is 2.32. The smallest absolute Gasteiger partial charge is 0.151 e. The molecule has 94 valence electrons. The topological polar surface area (TPSA) is 68.3 Å². The zero-order valence-corrected chi connectivity index (χ0v) is 11.9. The van der Waals surface area contributed by atoms with E-state index in [9.17, 15) is 16.8 Å². The molecule has 2 atom stereocenters. The fourth-order valence-electron chi connectivity index (χ4n) is 1.83. The van der Waals surface area contributed by atoms with Crippen molar-refractivity contribution in [2.45, 2.75) is 23.3 Å². The summed E-state index contributed by atoms with van der Waals surface area (Å²) in [6.07, 6.45) is 1.42. The third-order valence-corrected chi connectivity index (χ3v) is 10.1. The Labute approximate surface area is 104 Å². The minimum absolute atomic E-state index is 0.151. The first kappa shape index (κ1) is 13.0. The zero-order chi connectivity index (χ0) is 11.8. The van der Waals surface area contributed by atoms with Crippen LogP contribution in [0.3, 0.4) is 0 Å². The third kappa shape index (κ3) is 3.54. The van der Waals surface area contributed by atoms with Crippen LogP contribution in [0.2, 0.25) is 0 Å². The molecular weight excluding hydrogens is 288 g/mol. The second-order valence-corrected chi connectivity index (χ2v) is 11.6. The molecule has 0 N–H and O–H groups in total. The molecule has 0 aromatic heterocycles. The van der Waals surface area contributed by atoms with Gasteiger partial charge < -0.3 is 0 Å². The first-order valence-corrected chi connectivity index (χ1v) is 11.0. The Hall–Kier alpha value is 0.600. The van der Waals surface area contributed by atoms with Gasteiger partial charge in [0.1, 0.15) is 0 Å². The Kier molecular flexibility index (Phi) is 3.83. The quantitative estimate of drug-likeness (QED) is 0.716. The summed E-state index contributed by atoms with van der Waals surface area (Å²) >= 11 is 0. The summed E-state index contributed by atoms with van der Waals surface area (Å²) in [4.78, 5) is 0. The van der Waals surface area contributed by atoms with Gasteiger partial charge in [-0.3, -0.25) is 0 Å². The highest BCUT2D eigenvalue weighted by atomic mass is 33.1. The highest BCUT2D eigenvalue weighted by molar-refractivity contribution is 8.77. The second kappa shape index (κ2) is 4.70. The molecule has 0 aromatic carbocycles. The summed E-state index contributed by atoms with van der Waals surface area (Å²) in [5.74, 6) is 1.08. The van der Waals surface area contributed by atoms with Crippen LogP contribution in [0.1, 0.15) is 12.8 Å². The number of rotatable bonds is 3. The molecule has 2 fully saturated rings. The van der Waals surface area contributed by atoms with Crippen molar-refractivity contribution in [1.29, 1.82) is 0 Å². The van der Waals surface area contributed by atoms with Crippen LogP contribution in [0, 0.1) is 0 Å². The number of hydrogen-bond donors (Lipinski definition) is 0. The Morgan fingerprint density at radius 1 is 0.750 bits per heavy atom. The predicted octanol–water partition coefficient (Wildman–Crippen LogP) is 0.742. The van der Waals surface area contributed by atoms with E-state index in [0.29, 0.717) is 12.8 Å². The van der Waals surface area contributed by atoms with E-state index >= 15 is 0 Å². The third-order valence-electron chi connectivity index (χ3n) is 2.71. The molecule has 8 heteroatoms. The summed E-state index contributed by atoms with van der Waals surface area (Å²) in [6, 6.07) is 0. The maximum absolute atomic E-state index is 11.2. The fraction of sp³-hybridized carbons (Fsp3) is 1.00. The lowest BCUT2D eigenvalue weighted by molar-refractivity contribution is 0.600. The van der Waals surface area contributed by atoms with E-state index in [2.05, 4.69) is 0 Å². The average Bonchev–Trinajstić information content (AvgIpc) is 2.66. The van der Waals surface area contributed by atoms with Crippen molar-refractivity contribution in [3.8, 4) is 0 Å². The van der Waals surface area contributed by atoms with Crippen LogP contribution in [0.5, 0.6) is 0 Å². The molecule has 0 bridgehead atoms. The lowest BCUT2D eigenvalue weighted by atomic mass is 10.4. The second-order valence-electron chi connectivity index (χ2n) is 4.24. The fourth-order valence-corrected chi connectivity index (χ4v) is 10.2. The van der Waals surface area contributed by atoms with E-state index in [1.807, 2.05) is 0 Å². The minimum Gasteiger partial charge on any atom is -0.229 e. The average molecular weight is 302 g/mol. The van der Waals surface area contributed by atoms with E-state index < -0.39 is 19.7 Å².